The summed E-state index contributed by atoms with van der Waals surface area (Å²) < 4.78 is 0. The van der Waals surface area contributed by atoms with Crippen LogP contribution in [0, 0.1) is 6.42 Å². The van der Waals surface area contributed by atoms with E-state index in [1.54, 1.807) is 0 Å². The fourth-order valence-electron chi connectivity index (χ4n) is 3.49. The van der Waals surface area contributed by atoms with Gasteiger partial charge in [-0.1, -0.05) is 12.8 Å². The summed E-state index contributed by atoms with van der Waals surface area (Å²) in [5.74, 6) is 0. The summed E-state index contributed by atoms with van der Waals surface area (Å²) in [4.78, 5) is 2.87. The Morgan fingerprint density at radius 3 is 1.77 bits per heavy atom. The van der Waals surface area contributed by atoms with E-state index < -0.39 is 0 Å². The molecule has 1 atom stereocenters. The molecule has 3 rings (SSSR count). The molecule has 1 saturated carbocycles. The second kappa shape index (κ2) is 3.27. The average Bonchev–Trinajstić information content (AvgIpc) is 2.00. The van der Waals surface area contributed by atoms with Crippen LogP contribution in [0.15, 0.2) is 0 Å². The predicted octanol–water partition coefficient (Wildman–Crippen LogP) is 2.76. The van der Waals surface area contributed by atoms with Crippen molar-refractivity contribution >= 4 is 0 Å². The maximum atomic E-state index is 2.87. The number of nitrogens with zero attached hydrogens (tertiary/aromatic N) is 1. The number of piperidine rings is 2. The maximum Gasteiger partial charge on any atom is 0.0133 e. The van der Waals surface area contributed by atoms with E-state index in [1.807, 2.05) is 0 Å². The highest BCUT2D eigenvalue weighted by Gasteiger charge is 2.39. The van der Waals surface area contributed by atoms with E-state index in [4.69, 9.17) is 0 Å². The molecule has 0 aromatic carbocycles. The van der Waals surface area contributed by atoms with Crippen molar-refractivity contribution in [2.75, 3.05) is 0 Å². The van der Waals surface area contributed by atoms with Crippen LogP contribution in [0.4, 0.5) is 0 Å². The number of rotatable bonds is 1. The topological polar surface area (TPSA) is 3.24 Å². The van der Waals surface area contributed by atoms with E-state index >= 15 is 0 Å². The molecule has 0 spiro atoms. The van der Waals surface area contributed by atoms with Crippen LogP contribution < -0.4 is 0 Å². The smallest absolute Gasteiger partial charge is 0.0133 e. The molecule has 1 unspecified atom stereocenters. The lowest BCUT2D eigenvalue weighted by atomic mass is 9.79. The molecule has 0 aromatic heterocycles. The monoisotopic (exact) mass is 178 g/mol. The first-order chi connectivity index (χ1) is 6.45. The molecule has 2 bridgehead atoms. The second-order valence-corrected chi connectivity index (χ2v) is 5.00. The van der Waals surface area contributed by atoms with Crippen LogP contribution in [0.3, 0.4) is 0 Å². The summed E-state index contributed by atoms with van der Waals surface area (Å²) >= 11 is 0. The van der Waals surface area contributed by atoms with Crippen LogP contribution in [-0.2, 0) is 0 Å². The van der Waals surface area contributed by atoms with Gasteiger partial charge in [0.05, 0.1) is 0 Å². The summed E-state index contributed by atoms with van der Waals surface area (Å²) in [5.41, 5.74) is 0. The Morgan fingerprint density at radius 2 is 1.38 bits per heavy atom. The molecular formula is C12H20N. The minimum absolute atomic E-state index is 0.885. The molecule has 2 heterocycles. The van der Waals surface area contributed by atoms with Crippen LogP contribution in [0.5, 0.6) is 0 Å². The largest absolute Gasteiger partial charge is 0.294 e. The average molecular weight is 178 g/mol. The Morgan fingerprint density at radius 1 is 0.846 bits per heavy atom. The molecule has 3 aliphatic rings. The second-order valence-electron chi connectivity index (χ2n) is 5.00. The van der Waals surface area contributed by atoms with E-state index in [-0.39, 0.29) is 0 Å². The van der Waals surface area contributed by atoms with Gasteiger partial charge in [0.25, 0.3) is 0 Å². The van der Waals surface area contributed by atoms with Crippen molar-refractivity contribution in [1.29, 1.82) is 0 Å². The molecule has 1 nitrogen and oxygen atoms in total. The van der Waals surface area contributed by atoms with Crippen molar-refractivity contribution in [2.24, 2.45) is 0 Å². The van der Waals surface area contributed by atoms with Crippen molar-refractivity contribution in [3.05, 3.63) is 6.42 Å². The van der Waals surface area contributed by atoms with Crippen molar-refractivity contribution in [2.45, 2.75) is 69.5 Å². The third kappa shape index (κ3) is 1.32. The molecule has 3 fully saturated rings. The Bertz CT molecular complexity index is 164. The van der Waals surface area contributed by atoms with Crippen molar-refractivity contribution in [3.8, 4) is 0 Å². The first-order valence-corrected chi connectivity index (χ1v) is 6.06. The molecule has 0 N–H and O–H groups in total. The Kier molecular flexibility index (Phi) is 2.08. The lowest BCUT2D eigenvalue weighted by Crippen LogP contribution is -2.56. The first-order valence-electron chi connectivity index (χ1n) is 6.06. The molecular weight excluding hydrogens is 158 g/mol. The van der Waals surface area contributed by atoms with Gasteiger partial charge in [0, 0.05) is 18.1 Å². The van der Waals surface area contributed by atoms with Gasteiger partial charge in [0.2, 0.25) is 0 Å². The molecule has 2 aliphatic heterocycles. The van der Waals surface area contributed by atoms with Crippen molar-refractivity contribution in [1.82, 2.24) is 4.90 Å². The van der Waals surface area contributed by atoms with Crippen molar-refractivity contribution in [3.63, 3.8) is 0 Å². The Labute approximate surface area is 81.5 Å². The highest BCUT2D eigenvalue weighted by molar-refractivity contribution is 5.02. The van der Waals surface area contributed by atoms with E-state index in [0.717, 1.165) is 18.1 Å². The van der Waals surface area contributed by atoms with Crippen LogP contribution in [0.25, 0.3) is 0 Å². The van der Waals surface area contributed by atoms with E-state index in [1.165, 1.54) is 51.4 Å². The minimum atomic E-state index is 0.885. The molecule has 1 radical (unpaired) electrons. The molecule has 1 aliphatic carbocycles. The summed E-state index contributed by atoms with van der Waals surface area (Å²) in [7, 11) is 0. The zero-order valence-corrected chi connectivity index (χ0v) is 8.41. The summed E-state index contributed by atoms with van der Waals surface area (Å²) in [6.45, 7) is 0. The van der Waals surface area contributed by atoms with Gasteiger partial charge in [0.15, 0.2) is 0 Å². The highest BCUT2D eigenvalue weighted by atomic mass is 15.2. The van der Waals surface area contributed by atoms with Gasteiger partial charge in [-0.15, -0.1) is 0 Å². The highest BCUT2D eigenvalue weighted by Crippen LogP contribution is 2.39. The molecule has 1 heteroatoms. The lowest BCUT2D eigenvalue weighted by molar-refractivity contribution is -0.00460. The third-order valence-corrected chi connectivity index (χ3v) is 4.28. The Hall–Kier alpha value is -0.0400. The van der Waals surface area contributed by atoms with Crippen LogP contribution in [0.2, 0.25) is 0 Å². The fraction of sp³-hybridized carbons (Fsp3) is 0.917. The predicted molar refractivity (Wildman–Crippen MR) is 54.4 cm³/mol. The normalized spacial score (nSPS) is 41.5. The van der Waals surface area contributed by atoms with Crippen LogP contribution >= 0.6 is 0 Å². The number of hydrogen-bond donors (Lipinski definition) is 0. The van der Waals surface area contributed by atoms with E-state index in [2.05, 4.69) is 11.3 Å². The van der Waals surface area contributed by atoms with E-state index in [9.17, 15) is 0 Å². The summed E-state index contributed by atoms with van der Waals surface area (Å²) in [6, 6.07) is 2.82. The summed E-state index contributed by atoms with van der Waals surface area (Å²) in [5, 5.41) is 0. The maximum absolute atomic E-state index is 2.87. The van der Waals surface area contributed by atoms with Gasteiger partial charge < -0.3 is 0 Å². The molecule has 0 amide bonds. The fourth-order valence-corrected chi connectivity index (χ4v) is 3.49. The van der Waals surface area contributed by atoms with Gasteiger partial charge in [-0.3, -0.25) is 4.90 Å². The number of hydrogen-bond acceptors (Lipinski definition) is 1. The molecule has 13 heavy (non-hydrogen) atoms. The number of fused-ring (bicyclic) bond motifs is 2. The third-order valence-electron chi connectivity index (χ3n) is 4.28. The van der Waals surface area contributed by atoms with Crippen LogP contribution in [0.1, 0.15) is 51.4 Å². The van der Waals surface area contributed by atoms with Gasteiger partial charge in [0.1, 0.15) is 0 Å². The Balaban J connectivity index is 1.75. The quantitative estimate of drug-likeness (QED) is 0.597. The molecule has 73 valence electrons. The summed E-state index contributed by atoms with van der Waals surface area (Å²) in [6.07, 6.45) is 14.3. The standard InChI is InChI=1S/C12H20N/c1-4-10-6-2-7-11(5-1)13(10)12-8-3-9-12/h8,10-12H,1-7,9H2. The minimum Gasteiger partial charge on any atom is -0.294 e. The van der Waals surface area contributed by atoms with Gasteiger partial charge in [-0.2, -0.15) is 0 Å². The van der Waals surface area contributed by atoms with Gasteiger partial charge in [-0.25, -0.2) is 0 Å². The van der Waals surface area contributed by atoms with Gasteiger partial charge >= 0.3 is 0 Å². The van der Waals surface area contributed by atoms with Gasteiger partial charge in [-0.05, 0) is 44.9 Å². The zero-order chi connectivity index (χ0) is 8.67. The SMILES string of the molecule is [CH]1CCC1N1C2CCCC1CCC2. The molecule has 0 aromatic rings. The van der Waals surface area contributed by atoms with Crippen molar-refractivity contribution < 1.29 is 0 Å². The first kappa shape index (κ1) is 8.28. The lowest BCUT2D eigenvalue weighted by Gasteiger charge is -2.52. The zero-order valence-electron chi connectivity index (χ0n) is 8.41. The van der Waals surface area contributed by atoms with Crippen LogP contribution in [-0.4, -0.2) is 23.0 Å². The van der Waals surface area contributed by atoms with E-state index in [0.29, 0.717) is 0 Å². The molecule has 2 saturated heterocycles.